The van der Waals surface area contributed by atoms with Gasteiger partial charge in [0, 0.05) is 19.5 Å². The van der Waals surface area contributed by atoms with Crippen molar-refractivity contribution in [3.63, 3.8) is 0 Å². The third-order valence-electron chi connectivity index (χ3n) is 3.89. The Kier molecular flexibility index (Phi) is 5.23. The van der Waals surface area contributed by atoms with E-state index >= 15 is 0 Å². The number of fused-ring (bicyclic) bond motifs is 1. The minimum Gasteiger partial charge on any atom is -0.493 e. The number of ether oxygens (including phenoxy) is 1. The lowest BCUT2D eigenvalue weighted by Gasteiger charge is -2.23. The quantitative estimate of drug-likeness (QED) is 0.817. The zero-order chi connectivity index (χ0) is 13.7. The molecule has 1 aromatic carbocycles. The van der Waals surface area contributed by atoms with Crippen LogP contribution in [0, 0.1) is 5.92 Å². The SMILES string of the molecule is CCN(CCc1ccc2c(c1)CCO2)CC(C)CN. The molecule has 1 aliphatic heterocycles. The van der Waals surface area contributed by atoms with Gasteiger partial charge in [0.25, 0.3) is 0 Å². The second kappa shape index (κ2) is 6.92. The molecule has 1 aliphatic rings. The van der Waals surface area contributed by atoms with Crippen LogP contribution >= 0.6 is 0 Å². The Hall–Kier alpha value is -1.06. The molecule has 1 heterocycles. The number of rotatable bonds is 7. The van der Waals surface area contributed by atoms with E-state index in [4.69, 9.17) is 10.5 Å². The van der Waals surface area contributed by atoms with Crippen LogP contribution in [0.25, 0.3) is 0 Å². The lowest BCUT2D eigenvalue weighted by Crippen LogP contribution is -2.33. The van der Waals surface area contributed by atoms with Crippen molar-refractivity contribution in [1.82, 2.24) is 4.90 Å². The van der Waals surface area contributed by atoms with Gasteiger partial charge in [-0.15, -0.1) is 0 Å². The molecule has 0 saturated carbocycles. The first-order chi connectivity index (χ1) is 9.22. The summed E-state index contributed by atoms with van der Waals surface area (Å²) >= 11 is 0. The summed E-state index contributed by atoms with van der Waals surface area (Å²) in [5.41, 5.74) is 8.49. The topological polar surface area (TPSA) is 38.5 Å². The van der Waals surface area contributed by atoms with Crippen LogP contribution in [-0.4, -0.2) is 37.7 Å². The van der Waals surface area contributed by atoms with Crippen LogP contribution in [0.3, 0.4) is 0 Å². The third-order valence-corrected chi connectivity index (χ3v) is 3.89. The van der Waals surface area contributed by atoms with Gasteiger partial charge in [0.05, 0.1) is 6.61 Å². The molecule has 0 spiro atoms. The van der Waals surface area contributed by atoms with E-state index < -0.39 is 0 Å². The van der Waals surface area contributed by atoms with Gasteiger partial charge in [-0.1, -0.05) is 26.0 Å². The number of benzene rings is 1. The maximum atomic E-state index is 5.70. The van der Waals surface area contributed by atoms with Crippen molar-refractivity contribution in [2.75, 3.05) is 32.8 Å². The highest BCUT2D eigenvalue weighted by atomic mass is 16.5. The van der Waals surface area contributed by atoms with E-state index in [2.05, 4.69) is 36.9 Å². The summed E-state index contributed by atoms with van der Waals surface area (Å²) in [7, 11) is 0. The van der Waals surface area contributed by atoms with Crippen molar-refractivity contribution in [2.24, 2.45) is 11.7 Å². The average Bonchev–Trinajstić information content (AvgIpc) is 2.90. The molecule has 2 N–H and O–H groups in total. The summed E-state index contributed by atoms with van der Waals surface area (Å²) in [4.78, 5) is 2.49. The molecule has 3 nitrogen and oxygen atoms in total. The lowest BCUT2D eigenvalue weighted by molar-refractivity contribution is 0.254. The Morgan fingerprint density at radius 1 is 1.42 bits per heavy atom. The fourth-order valence-electron chi connectivity index (χ4n) is 2.58. The summed E-state index contributed by atoms with van der Waals surface area (Å²) < 4.78 is 5.54. The van der Waals surface area contributed by atoms with Gasteiger partial charge in [0.1, 0.15) is 5.75 Å². The summed E-state index contributed by atoms with van der Waals surface area (Å²) in [6.07, 6.45) is 2.17. The fourth-order valence-corrected chi connectivity index (χ4v) is 2.58. The van der Waals surface area contributed by atoms with Crippen molar-refractivity contribution in [1.29, 1.82) is 0 Å². The summed E-state index contributed by atoms with van der Waals surface area (Å²) in [6.45, 7) is 9.36. The smallest absolute Gasteiger partial charge is 0.122 e. The van der Waals surface area contributed by atoms with E-state index in [-0.39, 0.29) is 0 Å². The molecule has 3 heteroatoms. The molecule has 0 radical (unpaired) electrons. The molecule has 1 unspecified atom stereocenters. The Labute approximate surface area is 116 Å². The Morgan fingerprint density at radius 2 is 2.26 bits per heavy atom. The molecule has 0 aliphatic carbocycles. The van der Waals surface area contributed by atoms with Crippen LogP contribution in [-0.2, 0) is 12.8 Å². The molecule has 2 rings (SSSR count). The highest BCUT2D eigenvalue weighted by Gasteiger charge is 2.13. The molecule has 0 fully saturated rings. The lowest BCUT2D eigenvalue weighted by atomic mass is 10.1. The van der Waals surface area contributed by atoms with Gasteiger partial charge in [-0.25, -0.2) is 0 Å². The maximum absolute atomic E-state index is 5.70. The number of nitrogens with two attached hydrogens (primary N) is 1. The van der Waals surface area contributed by atoms with E-state index in [9.17, 15) is 0 Å². The molecule has 106 valence electrons. The summed E-state index contributed by atoms with van der Waals surface area (Å²) in [6, 6.07) is 6.63. The largest absolute Gasteiger partial charge is 0.493 e. The van der Waals surface area contributed by atoms with Crippen molar-refractivity contribution in [2.45, 2.75) is 26.7 Å². The van der Waals surface area contributed by atoms with Crippen LogP contribution in [0.15, 0.2) is 18.2 Å². The zero-order valence-corrected chi connectivity index (χ0v) is 12.2. The van der Waals surface area contributed by atoms with Gasteiger partial charge in [-0.05, 0) is 42.6 Å². The second-order valence-electron chi connectivity index (χ2n) is 5.52. The monoisotopic (exact) mass is 262 g/mol. The van der Waals surface area contributed by atoms with Crippen LogP contribution in [0.2, 0.25) is 0 Å². The molecule has 0 bridgehead atoms. The van der Waals surface area contributed by atoms with Crippen LogP contribution in [0.4, 0.5) is 0 Å². The number of likely N-dealkylation sites (N-methyl/N-ethyl adjacent to an activating group) is 1. The van der Waals surface area contributed by atoms with Crippen LogP contribution < -0.4 is 10.5 Å². The van der Waals surface area contributed by atoms with Gasteiger partial charge in [0.2, 0.25) is 0 Å². The second-order valence-corrected chi connectivity index (χ2v) is 5.52. The van der Waals surface area contributed by atoms with Gasteiger partial charge >= 0.3 is 0 Å². The minimum absolute atomic E-state index is 0.577. The zero-order valence-electron chi connectivity index (χ0n) is 12.2. The predicted molar refractivity (Wildman–Crippen MR) is 79.7 cm³/mol. The molecule has 19 heavy (non-hydrogen) atoms. The minimum atomic E-state index is 0.577. The van der Waals surface area contributed by atoms with E-state index in [1.54, 1.807) is 0 Å². The normalized spacial score (nSPS) is 15.4. The predicted octanol–water partition coefficient (Wildman–Crippen LogP) is 2.08. The summed E-state index contributed by atoms with van der Waals surface area (Å²) in [5.74, 6) is 1.65. The molecular formula is C16H26N2O. The number of hydrogen-bond donors (Lipinski definition) is 1. The van der Waals surface area contributed by atoms with Crippen molar-refractivity contribution < 1.29 is 4.74 Å². The van der Waals surface area contributed by atoms with Crippen molar-refractivity contribution >= 4 is 0 Å². The highest BCUT2D eigenvalue weighted by Crippen LogP contribution is 2.26. The van der Waals surface area contributed by atoms with E-state index in [1.807, 2.05) is 0 Å². The molecule has 0 aromatic heterocycles. The fraction of sp³-hybridized carbons (Fsp3) is 0.625. The standard InChI is InChI=1S/C16H26N2O/c1-3-18(12-13(2)11-17)8-6-14-4-5-16-15(10-14)7-9-19-16/h4-5,10,13H,3,6-9,11-12,17H2,1-2H3. The van der Waals surface area contributed by atoms with E-state index in [0.29, 0.717) is 5.92 Å². The third kappa shape index (κ3) is 3.95. The molecule has 0 saturated heterocycles. The van der Waals surface area contributed by atoms with E-state index in [1.165, 1.54) is 11.1 Å². The first-order valence-corrected chi connectivity index (χ1v) is 7.40. The Bertz CT molecular complexity index is 406. The molecular weight excluding hydrogens is 236 g/mol. The first-order valence-electron chi connectivity index (χ1n) is 7.40. The van der Waals surface area contributed by atoms with Crippen molar-refractivity contribution in [3.05, 3.63) is 29.3 Å². The van der Waals surface area contributed by atoms with Gasteiger partial charge in [-0.3, -0.25) is 0 Å². The van der Waals surface area contributed by atoms with E-state index in [0.717, 1.165) is 51.4 Å². The van der Waals surface area contributed by atoms with Crippen LogP contribution in [0.5, 0.6) is 5.75 Å². The molecule has 1 atom stereocenters. The Morgan fingerprint density at radius 3 is 3.00 bits per heavy atom. The molecule has 1 aromatic rings. The van der Waals surface area contributed by atoms with Crippen LogP contribution in [0.1, 0.15) is 25.0 Å². The first kappa shape index (κ1) is 14.4. The van der Waals surface area contributed by atoms with Gasteiger partial charge < -0.3 is 15.4 Å². The van der Waals surface area contributed by atoms with Gasteiger partial charge in [0.15, 0.2) is 0 Å². The molecule has 0 amide bonds. The maximum Gasteiger partial charge on any atom is 0.122 e. The number of hydrogen-bond acceptors (Lipinski definition) is 3. The summed E-state index contributed by atoms with van der Waals surface area (Å²) in [5, 5.41) is 0. The van der Waals surface area contributed by atoms with Gasteiger partial charge in [-0.2, -0.15) is 0 Å². The average molecular weight is 262 g/mol. The highest BCUT2D eigenvalue weighted by molar-refractivity contribution is 5.39. The Balaban J connectivity index is 1.87. The number of nitrogens with zero attached hydrogens (tertiary/aromatic N) is 1. The van der Waals surface area contributed by atoms with Crippen molar-refractivity contribution in [3.8, 4) is 5.75 Å².